The molecular weight excluding hydrogens is 162 g/mol. The van der Waals surface area contributed by atoms with E-state index in [4.69, 9.17) is 11.1 Å². The molecule has 3 N–H and O–H groups in total. The molecule has 0 atom stereocenters. The molecule has 1 rings (SSSR count). The first kappa shape index (κ1) is 9.58. The van der Waals surface area contributed by atoms with Crippen LogP contribution in [0.5, 0.6) is 0 Å². The van der Waals surface area contributed by atoms with Crippen molar-refractivity contribution in [3.05, 3.63) is 29.3 Å². The molecular formula is C10H15N3. The fourth-order valence-electron chi connectivity index (χ4n) is 1.46. The summed E-state index contributed by atoms with van der Waals surface area (Å²) < 4.78 is 0. The van der Waals surface area contributed by atoms with Gasteiger partial charge in [-0.1, -0.05) is 18.2 Å². The summed E-state index contributed by atoms with van der Waals surface area (Å²) in [4.78, 5) is 1.69. The lowest BCUT2D eigenvalue weighted by Crippen LogP contribution is -2.33. The molecule has 0 aliphatic carbocycles. The number of benzene rings is 1. The molecule has 0 spiro atoms. The van der Waals surface area contributed by atoms with E-state index in [9.17, 15) is 0 Å². The molecule has 13 heavy (non-hydrogen) atoms. The van der Waals surface area contributed by atoms with Crippen LogP contribution in [0.3, 0.4) is 0 Å². The molecule has 0 fully saturated rings. The van der Waals surface area contributed by atoms with Gasteiger partial charge in [-0.15, -0.1) is 0 Å². The third kappa shape index (κ3) is 1.80. The second-order valence-corrected chi connectivity index (χ2v) is 3.18. The van der Waals surface area contributed by atoms with Crippen LogP contribution >= 0.6 is 0 Å². The lowest BCUT2D eigenvalue weighted by molar-refractivity contribution is 1.16. The van der Waals surface area contributed by atoms with E-state index in [0.717, 1.165) is 16.8 Å². The van der Waals surface area contributed by atoms with E-state index in [1.54, 1.807) is 11.9 Å². The van der Waals surface area contributed by atoms with Crippen molar-refractivity contribution in [1.29, 1.82) is 5.41 Å². The van der Waals surface area contributed by atoms with E-state index in [0.29, 0.717) is 0 Å². The average Bonchev–Trinajstić information content (AvgIpc) is 2.03. The number of guanidine groups is 1. The van der Waals surface area contributed by atoms with Gasteiger partial charge in [0.15, 0.2) is 5.96 Å². The summed E-state index contributed by atoms with van der Waals surface area (Å²) in [6.45, 7) is 4.03. The van der Waals surface area contributed by atoms with Crippen molar-refractivity contribution in [2.45, 2.75) is 13.8 Å². The molecule has 0 aliphatic rings. The Kier molecular flexibility index (Phi) is 2.56. The lowest BCUT2D eigenvalue weighted by atomic mass is 10.1. The summed E-state index contributed by atoms with van der Waals surface area (Å²) in [6.07, 6.45) is 0. The maximum atomic E-state index is 7.33. The zero-order chi connectivity index (χ0) is 10.0. The Bertz CT molecular complexity index is 311. The number of para-hydroxylation sites is 1. The van der Waals surface area contributed by atoms with Gasteiger partial charge in [-0.3, -0.25) is 5.41 Å². The van der Waals surface area contributed by atoms with Crippen LogP contribution in [0.4, 0.5) is 5.69 Å². The van der Waals surface area contributed by atoms with Crippen molar-refractivity contribution in [2.24, 2.45) is 5.73 Å². The number of rotatable bonds is 1. The summed E-state index contributed by atoms with van der Waals surface area (Å²) in [6, 6.07) is 6.03. The summed E-state index contributed by atoms with van der Waals surface area (Å²) >= 11 is 0. The molecule has 3 nitrogen and oxygen atoms in total. The molecule has 0 saturated carbocycles. The number of nitrogens with two attached hydrogens (primary N) is 1. The first-order chi connectivity index (χ1) is 6.04. The highest BCUT2D eigenvalue weighted by Gasteiger charge is 2.08. The molecule has 0 amide bonds. The maximum absolute atomic E-state index is 7.33. The minimum absolute atomic E-state index is 0.0670. The molecule has 1 aromatic carbocycles. The highest BCUT2D eigenvalue weighted by Crippen LogP contribution is 2.22. The van der Waals surface area contributed by atoms with Crippen molar-refractivity contribution in [1.82, 2.24) is 0 Å². The predicted molar refractivity (Wildman–Crippen MR) is 56.2 cm³/mol. The summed E-state index contributed by atoms with van der Waals surface area (Å²) in [5, 5.41) is 7.33. The van der Waals surface area contributed by atoms with Gasteiger partial charge in [0, 0.05) is 12.7 Å². The highest BCUT2D eigenvalue weighted by atomic mass is 15.2. The molecule has 3 heteroatoms. The molecule has 0 aromatic heterocycles. The number of anilines is 1. The fraction of sp³-hybridized carbons (Fsp3) is 0.300. The minimum atomic E-state index is 0.0670. The second-order valence-electron chi connectivity index (χ2n) is 3.18. The van der Waals surface area contributed by atoms with Crippen molar-refractivity contribution >= 4 is 11.6 Å². The normalized spacial score (nSPS) is 9.77. The number of nitrogens with one attached hydrogen (secondary N) is 1. The zero-order valence-corrected chi connectivity index (χ0v) is 8.26. The van der Waals surface area contributed by atoms with Crippen LogP contribution in [0.15, 0.2) is 18.2 Å². The molecule has 0 saturated heterocycles. The standard InChI is InChI=1S/C10H15N3/c1-7-5-4-6-8(2)9(7)13(3)10(11)12/h4-6H,1-3H3,(H3,11,12). The van der Waals surface area contributed by atoms with Gasteiger partial charge < -0.3 is 10.6 Å². The summed E-state index contributed by atoms with van der Waals surface area (Å²) in [5.41, 5.74) is 8.71. The van der Waals surface area contributed by atoms with Crippen molar-refractivity contribution < 1.29 is 0 Å². The van der Waals surface area contributed by atoms with Gasteiger partial charge in [-0.2, -0.15) is 0 Å². The third-order valence-corrected chi connectivity index (χ3v) is 2.14. The minimum Gasteiger partial charge on any atom is -0.370 e. The number of hydrogen-bond acceptors (Lipinski definition) is 1. The van der Waals surface area contributed by atoms with Gasteiger partial charge in [0.1, 0.15) is 0 Å². The second kappa shape index (κ2) is 3.47. The van der Waals surface area contributed by atoms with Gasteiger partial charge in [-0.05, 0) is 25.0 Å². The maximum Gasteiger partial charge on any atom is 0.192 e. The first-order valence-corrected chi connectivity index (χ1v) is 4.18. The quantitative estimate of drug-likeness (QED) is 0.506. The monoisotopic (exact) mass is 177 g/mol. The number of hydrogen-bond donors (Lipinski definition) is 2. The van der Waals surface area contributed by atoms with Gasteiger partial charge in [0.05, 0.1) is 0 Å². The smallest absolute Gasteiger partial charge is 0.192 e. The summed E-state index contributed by atoms with van der Waals surface area (Å²) in [5.74, 6) is 0.0670. The van der Waals surface area contributed by atoms with E-state index in [2.05, 4.69) is 0 Å². The SMILES string of the molecule is Cc1cccc(C)c1N(C)C(=N)N. The van der Waals surface area contributed by atoms with Gasteiger partial charge in [-0.25, -0.2) is 0 Å². The zero-order valence-electron chi connectivity index (χ0n) is 8.26. The molecule has 70 valence electrons. The van der Waals surface area contributed by atoms with Crippen LogP contribution < -0.4 is 10.6 Å². The van der Waals surface area contributed by atoms with Crippen LogP contribution in [0.1, 0.15) is 11.1 Å². The first-order valence-electron chi connectivity index (χ1n) is 4.18. The molecule has 1 aromatic rings. The van der Waals surface area contributed by atoms with E-state index in [-0.39, 0.29) is 5.96 Å². The van der Waals surface area contributed by atoms with Crippen molar-refractivity contribution in [3.8, 4) is 0 Å². The molecule has 0 aliphatic heterocycles. The van der Waals surface area contributed by atoms with E-state index in [1.165, 1.54) is 0 Å². The van der Waals surface area contributed by atoms with Gasteiger partial charge in [0.2, 0.25) is 0 Å². The number of nitrogens with zero attached hydrogens (tertiary/aromatic N) is 1. The van der Waals surface area contributed by atoms with Crippen LogP contribution in [0, 0.1) is 19.3 Å². The Balaban J connectivity index is 3.20. The fourth-order valence-corrected chi connectivity index (χ4v) is 1.46. The third-order valence-electron chi connectivity index (χ3n) is 2.14. The Morgan fingerprint density at radius 2 is 1.77 bits per heavy atom. The Morgan fingerprint density at radius 3 is 2.15 bits per heavy atom. The lowest BCUT2D eigenvalue weighted by Gasteiger charge is -2.21. The topological polar surface area (TPSA) is 53.1 Å². The van der Waals surface area contributed by atoms with Crippen LogP contribution in [0.2, 0.25) is 0 Å². The van der Waals surface area contributed by atoms with Gasteiger partial charge >= 0.3 is 0 Å². The molecule has 0 radical (unpaired) electrons. The van der Waals surface area contributed by atoms with Crippen LogP contribution in [-0.4, -0.2) is 13.0 Å². The van der Waals surface area contributed by atoms with E-state index >= 15 is 0 Å². The highest BCUT2D eigenvalue weighted by molar-refractivity contribution is 5.93. The van der Waals surface area contributed by atoms with Crippen molar-refractivity contribution in [2.75, 3.05) is 11.9 Å². The van der Waals surface area contributed by atoms with Crippen LogP contribution in [-0.2, 0) is 0 Å². The van der Waals surface area contributed by atoms with E-state index in [1.807, 2.05) is 32.0 Å². The Hall–Kier alpha value is -1.51. The summed E-state index contributed by atoms with van der Waals surface area (Å²) in [7, 11) is 1.80. The Morgan fingerprint density at radius 1 is 1.31 bits per heavy atom. The average molecular weight is 177 g/mol. The van der Waals surface area contributed by atoms with E-state index < -0.39 is 0 Å². The van der Waals surface area contributed by atoms with Crippen molar-refractivity contribution in [3.63, 3.8) is 0 Å². The van der Waals surface area contributed by atoms with Crippen LogP contribution in [0.25, 0.3) is 0 Å². The Labute approximate surface area is 78.7 Å². The molecule has 0 bridgehead atoms. The largest absolute Gasteiger partial charge is 0.370 e. The molecule has 0 unspecified atom stereocenters. The van der Waals surface area contributed by atoms with Gasteiger partial charge in [0.25, 0.3) is 0 Å². The number of aryl methyl sites for hydroxylation is 2. The molecule has 0 heterocycles. The predicted octanol–water partition coefficient (Wildman–Crippen LogP) is 1.63.